The molecule has 0 saturated heterocycles. The zero-order chi connectivity index (χ0) is 17.9. The minimum absolute atomic E-state index is 0.0830. The largest absolute Gasteiger partial charge is 0.434 e. The second-order valence-corrected chi connectivity index (χ2v) is 6.00. The van der Waals surface area contributed by atoms with E-state index in [-0.39, 0.29) is 11.9 Å². The van der Waals surface area contributed by atoms with Crippen LogP contribution in [0.5, 0.6) is 0 Å². The number of fused-ring (bicyclic) bond motifs is 1. The molecule has 0 aliphatic carbocycles. The highest BCUT2D eigenvalue weighted by Gasteiger charge is 2.35. The van der Waals surface area contributed by atoms with Crippen molar-refractivity contribution in [1.82, 2.24) is 30.0 Å². The minimum atomic E-state index is -4.42. The van der Waals surface area contributed by atoms with Crippen LogP contribution in [-0.4, -0.2) is 38.5 Å². The Kier molecular flexibility index (Phi) is 4.95. The number of carbonyl (C=O) groups excluding carboxylic acids is 1. The first-order valence-electron chi connectivity index (χ1n) is 8.04. The third-order valence-corrected chi connectivity index (χ3v) is 4.12. The number of nitrogens with one attached hydrogen (secondary N) is 2. The van der Waals surface area contributed by atoms with Crippen molar-refractivity contribution < 1.29 is 18.0 Å². The lowest BCUT2D eigenvalue weighted by Crippen LogP contribution is -2.41. The number of hydrogen-bond acceptors (Lipinski definition) is 3. The van der Waals surface area contributed by atoms with Crippen molar-refractivity contribution in [3.8, 4) is 0 Å². The maximum atomic E-state index is 12.7. The van der Waals surface area contributed by atoms with Crippen LogP contribution in [0.1, 0.15) is 17.9 Å². The summed E-state index contributed by atoms with van der Waals surface area (Å²) in [7, 11) is 0. The quantitative estimate of drug-likeness (QED) is 0.855. The SMILES string of the molecule is O=C(NCCn1cccn1)NC[C@H]1CCc2nc(C(F)(F)F)cn2C1. The predicted octanol–water partition coefficient (Wildman–Crippen LogP) is 1.66. The third-order valence-electron chi connectivity index (χ3n) is 4.12. The van der Waals surface area contributed by atoms with E-state index in [4.69, 9.17) is 0 Å². The number of aryl methyl sites for hydroxylation is 1. The summed E-state index contributed by atoms with van der Waals surface area (Å²) in [5, 5.41) is 9.52. The molecule has 3 rings (SSSR count). The van der Waals surface area contributed by atoms with Crippen molar-refractivity contribution in [3.63, 3.8) is 0 Å². The molecule has 0 fully saturated rings. The molecule has 3 heterocycles. The van der Waals surface area contributed by atoms with Gasteiger partial charge in [-0.15, -0.1) is 0 Å². The predicted molar refractivity (Wildman–Crippen MR) is 82.7 cm³/mol. The summed E-state index contributed by atoms with van der Waals surface area (Å²) in [6, 6.07) is 1.51. The van der Waals surface area contributed by atoms with E-state index in [1.54, 1.807) is 23.1 Å². The number of amides is 2. The van der Waals surface area contributed by atoms with Gasteiger partial charge in [0, 0.05) is 44.6 Å². The van der Waals surface area contributed by atoms with E-state index in [0.29, 0.717) is 44.8 Å². The van der Waals surface area contributed by atoms with Gasteiger partial charge < -0.3 is 15.2 Å². The molecule has 0 aromatic carbocycles. The standard InChI is InChI=1S/C15H19F3N6O/c16-15(17,18)12-10-23-9-11(2-3-13(23)22-12)8-20-14(25)19-5-7-24-6-1-4-21-24/h1,4,6,10-11H,2-3,5,7-9H2,(H2,19,20,25)/t11-/m1/s1. The molecule has 1 atom stereocenters. The molecule has 2 aromatic rings. The van der Waals surface area contributed by atoms with Crippen LogP contribution in [0.2, 0.25) is 0 Å². The van der Waals surface area contributed by atoms with Gasteiger partial charge in [0.2, 0.25) is 0 Å². The van der Waals surface area contributed by atoms with Crippen LogP contribution < -0.4 is 10.6 Å². The Balaban J connectivity index is 1.42. The Hall–Kier alpha value is -2.52. The second kappa shape index (κ2) is 7.16. The number of halogens is 3. The summed E-state index contributed by atoms with van der Waals surface area (Å²) >= 11 is 0. The van der Waals surface area contributed by atoms with E-state index in [2.05, 4.69) is 20.7 Å². The van der Waals surface area contributed by atoms with Crippen molar-refractivity contribution in [2.75, 3.05) is 13.1 Å². The number of hydrogen-bond donors (Lipinski definition) is 2. The number of carbonyl (C=O) groups is 1. The lowest BCUT2D eigenvalue weighted by molar-refractivity contribution is -0.141. The monoisotopic (exact) mass is 356 g/mol. The maximum Gasteiger partial charge on any atom is 0.434 e. The Labute approximate surface area is 142 Å². The second-order valence-electron chi connectivity index (χ2n) is 6.00. The van der Waals surface area contributed by atoms with Gasteiger partial charge >= 0.3 is 12.2 Å². The summed E-state index contributed by atoms with van der Waals surface area (Å²) in [6.07, 6.45) is 1.26. The van der Waals surface area contributed by atoms with E-state index in [1.165, 1.54) is 4.57 Å². The van der Waals surface area contributed by atoms with E-state index >= 15 is 0 Å². The van der Waals surface area contributed by atoms with Gasteiger partial charge in [0.05, 0.1) is 6.54 Å². The number of nitrogens with zero attached hydrogens (tertiary/aromatic N) is 4. The van der Waals surface area contributed by atoms with E-state index in [1.807, 2.05) is 0 Å². The van der Waals surface area contributed by atoms with Crippen molar-refractivity contribution in [2.45, 2.75) is 32.1 Å². The Morgan fingerprint density at radius 3 is 2.92 bits per heavy atom. The normalized spacial score (nSPS) is 17.2. The Morgan fingerprint density at radius 1 is 1.36 bits per heavy atom. The molecule has 0 saturated carbocycles. The van der Waals surface area contributed by atoms with Crippen molar-refractivity contribution in [3.05, 3.63) is 36.2 Å². The summed E-state index contributed by atoms with van der Waals surface area (Å²) in [6.45, 7) is 1.85. The molecule has 2 amide bonds. The molecule has 0 radical (unpaired) electrons. The molecular formula is C15H19F3N6O. The molecule has 2 N–H and O–H groups in total. The average Bonchev–Trinajstić information content (AvgIpc) is 3.21. The van der Waals surface area contributed by atoms with E-state index < -0.39 is 11.9 Å². The Morgan fingerprint density at radius 2 is 2.20 bits per heavy atom. The van der Waals surface area contributed by atoms with Gasteiger partial charge in [-0.05, 0) is 18.4 Å². The van der Waals surface area contributed by atoms with Gasteiger partial charge in [-0.25, -0.2) is 9.78 Å². The van der Waals surface area contributed by atoms with Crippen LogP contribution in [-0.2, 0) is 25.7 Å². The molecule has 2 aromatic heterocycles. The highest BCUT2D eigenvalue weighted by molar-refractivity contribution is 5.73. The highest BCUT2D eigenvalue weighted by Crippen LogP contribution is 2.30. The topological polar surface area (TPSA) is 76.8 Å². The number of aromatic nitrogens is 4. The number of urea groups is 1. The van der Waals surface area contributed by atoms with Crippen LogP contribution in [0.15, 0.2) is 24.7 Å². The first kappa shape index (κ1) is 17.3. The average molecular weight is 356 g/mol. The number of imidazole rings is 1. The molecule has 1 aliphatic rings. The molecule has 0 spiro atoms. The first-order chi connectivity index (χ1) is 11.9. The van der Waals surface area contributed by atoms with Crippen LogP contribution in [0.4, 0.5) is 18.0 Å². The van der Waals surface area contributed by atoms with Gasteiger partial charge in [-0.1, -0.05) is 0 Å². The molecule has 1 aliphatic heterocycles. The fraction of sp³-hybridized carbons (Fsp3) is 0.533. The summed E-state index contributed by atoms with van der Waals surface area (Å²) < 4.78 is 41.3. The molecule has 25 heavy (non-hydrogen) atoms. The summed E-state index contributed by atoms with van der Waals surface area (Å²) in [5.74, 6) is 0.534. The fourth-order valence-electron chi connectivity index (χ4n) is 2.83. The van der Waals surface area contributed by atoms with Crippen molar-refractivity contribution in [2.24, 2.45) is 5.92 Å². The van der Waals surface area contributed by atoms with Crippen molar-refractivity contribution >= 4 is 6.03 Å². The van der Waals surface area contributed by atoms with Gasteiger partial charge in [-0.2, -0.15) is 18.3 Å². The number of rotatable bonds is 5. The molecule has 7 nitrogen and oxygen atoms in total. The molecule has 136 valence electrons. The highest BCUT2D eigenvalue weighted by atomic mass is 19.4. The summed E-state index contributed by atoms with van der Waals surface area (Å²) in [4.78, 5) is 15.4. The zero-order valence-electron chi connectivity index (χ0n) is 13.5. The van der Waals surface area contributed by atoms with Crippen LogP contribution in [0.3, 0.4) is 0 Å². The zero-order valence-corrected chi connectivity index (χ0v) is 13.5. The van der Waals surface area contributed by atoms with Gasteiger partial charge in [0.1, 0.15) is 5.82 Å². The lowest BCUT2D eigenvalue weighted by atomic mass is 9.99. The third kappa shape index (κ3) is 4.52. The lowest BCUT2D eigenvalue weighted by Gasteiger charge is -2.23. The summed E-state index contributed by atoms with van der Waals surface area (Å²) in [5.41, 5.74) is -0.854. The minimum Gasteiger partial charge on any atom is -0.338 e. The van der Waals surface area contributed by atoms with E-state index in [0.717, 1.165) is 6.20 Å². The molecule has 10 heteroatoms. The molecule has 0 bridgehead atoms. The van der Waals surface area contributed by atoms with Crippen LogP contribution in [0.25, 0.3) is 0 Å². The smallest absolute Gasteiger partial charge is 0.338 e. The van der Waals surface area contributed by atoms with Crippen LogP contribution >= 0.6 is 0 Å². The van der Waals surface area contributed by atoms with Gasteiger partial charge in [0.25, 0.3) is 0 Å². The molecule has 0 unspecified atom stereocenters. The number of alkyl halides is 3. The molecular weight excluding hydrogens is 337 g/mol. The van der Waals surface area contributed by atoms with Gasteiger partial charge in [0.15, 0.2) is 5.69 Å². The van der Waals surface area contributed by atoms with Crippen molar-refractivity contribution in [1.29, 1.82) is 0 Å². The van der Waals surface area contributed by atoms with Crippen LogP contribution in [0, 0.1) is 5.92 Å². The maximum absolute atomic E-state index is 12.7. The van der Waals surface area contributed by atoms with Gasteiger partial charge in [-0.3, -0.25) is 4.68 Å². The Bertz CT molecular complexity index is 709. The van der Waals surface area contributed by atoms with E-state index in [9.17, 15) is 18.0 Å². The fourth-order valence-corrected chi connectivity index (χ4v) is 2.83. The first-order valence-corrected chi connectivity index (χ1v) is 8.04.